The molecule has 1 amide bonds. The number of likely N-dealkylation sites (tertiary alicyclic amines) is 1. The van der Waals surface area contributed by atoms with Crippen molar-refractivity contribution in [1.82, 2.24) is 15.1 Å². The molecule has 1 aliphatic rings. The molecule has 1 fully saturated rings. The molecule has 2 unspecified atom stereocenters. The Morgan fingerprint density at radius 2 is 1.88 bits per heavy atom. The van der Waals surface area contributed by atoms with Crippen LogP contribution in [-0.4, -0.2) is 62.0 Å². The maximum absolute atomic E-state index is 11.7. The van der Waals surface area contributed by atoms with E-state index >= 15 is 0 Å². The standard InChI is InChI=1S/C13H27N3O/c1-11(10-16-7-5-6-8-16)9-14-12(2)13(17)15(3)4/h11-12,14H,5-10H2,1-4H3. The molecular weight excluding hydrogens is 214 g/mol. The summed E-state index contributed by atoms with van der Waals surface area (Å²) in [5.41, 5.74) is 0. The fraction of sp³-hybridized carbons (Fsp3) is 0.923. The number of carbonyl (C=O) groups is 1. The third-order valence-corrected chi connectivity index (χ3v) is 3.35. The van der Waals surface area contributed by atoms with Crippen molar-refractivity contribution in [3.05, 3.63) is 0 Å². The summed E-state index contributed by atoms with van der Waals surface area (Å²) in [6.07, 6.45) is 2.69. The second-order valence-electron chi connectivity index (χ2n) is 5.48. The third-order valence-electron chi connectivity index (χ3n) is 3.35. The number of hydrogen-bond acceptors (Lipinski definition) is 3. The largest absolute Gasteiger partial charge is 0.347 e. The Hall–Kier alpha value is -0.610. The molecular formula is C13H27N3O. The van der Waals surface area contributed by atoms with Crippen molar-refractivity contribution in [2.75, 3.05) is 40.3 Å². The Balaban J connectivity index is 2.18. The summed E-state index contributed by atoms with van der Waals surface area (Å²) in [5.74, 6) is 0.754. The van der Waals surface area contributed by atoms with E-state index in [1.165, 1.54) is 25.9 Å². The van der Waals surface area contributed by atoms with E-state index in [0.29, 0.717) is 5.92 Å². The molecule has 0 spiro atoms. The van der Waals surface area contributed by atoms with Gasteiger partial charge in [-0.15, -0.1) is 0 Å². The molecule has 4 nitrogen and oxygen atoms in total. The molecule has 0 aliphatic carbocycles. The van der Waals surface area contributed by atoms with Crippen LogP contribution in [0.4, 0.5) is 0 Å². The van der Waals surface area contributed by atoms with Gasteiger partial charge in [-0.2, -0.15) is 0 Å². The number of carbonyl (C=O) groups excluding carboxylic acids is 1. The Bertz CT molecular complexity index is 237. The van der Waals surface area contributed by atoms with Crippen molar-refractivity contribution in [2.45, 2.75) is 32.7 Å². The summed E-state index contributed by atoms with van der Waals surface area (Å²) in [6, 6.07) is -0.0778. The molecule has 0 aromatic carbocycles. The second kappa shape index (κ2) is 6.97. The van der Waals surface area contributed by atoms with Crippen LogP contribution in [0.5, 0.6) is 0 Å². The van der Waals surface area contributed by atoms with Crippen LogP contribution < -0.4 is 5.32 Å². The van der Waals surface area contributed by atoms with Crippen LogP contribution >= 0.6 is 0 Å². The molecule has 100 valence electrons. The van der Waals surface area contributed by atoms with Crippen molar-refractivity contribution < 1.29 is 4.79 Å². The maximum atomic E-state index is 11.7. The fourth-order valence-electron chi connectivity index (χ4n) is 2.32. The van der Waals surface area contributed by atoms with Crippen LogP contribution in [-0.2, 0) is 4.79 Å². The molecule has 1 N–H and O–H groups in total. The lowest BCUT2D eigenvalue weighted by Gasteiger charge is -2.23. The topological polar surface area (TPSA) is 35.6 Å². The molecule has 1 rings (SSSR count). The van der Waals surface area contributed by atoms with E-state index in [2.05, 4.69) is 17.1 Å². The minimum absolute atomic E-state index is 0.0778. The number of amides is 1. The average Bonchev–Trinajstić information content (AvgIpc) is 2.77. The fourth-order valence-corrected chi connectivity index (χ4v) is 2.32. The molecule has 1 saturated heterocycles. The summed E-state index contributed by atoms with van der Waals surface area (Å²) in [4.78, 5) is 15.8. The molecule has 1 aliphatic heterocycles. The number of nitrogens with one attached hydrogen (secondary N) is 1. The zero-order valence-corrected chi connectivity index (χ0v) is 11.7. The van der Waals surface area contributed by atoms with Crippen LogP contribution in [0.2, 0.25) is 0 Å². The molecule has 2 atom stereocenters. The van der Waals surface area contributed by atoms with Gasteiger partial charge in [0, 0.05) is 20.6 Å². The first-order chi connectivity index (χ1) is 8.00. The molecule has 4 heteroatoms. The van der Waals surface area contributed by atoms with Gasteiger partial charge in [0.05, 0.1) is 6.04 Å². The van der Waals surface area contributed by atoms with Crippen molar-refractivity contribution in [3.8, 4) is 0 Å². The summed E-state index contributed by atoms with van der Waals surface area (Å²) >= 11 is 0. The van der Waals surface area contributed by atoms with Gasteiger partial charge in [-0.3, -0.25) is 4.79 Å². The van der Waals surface area contributed by atoms with Gasteiger partial charge >= 0.3 is 0 Å². The van der Waals surface area contributed by atoms with Crippen LogP contribution in [0.3, 0.4) is 0 Å². The van der Waals surface area contributed by atoms with E-state index in [1.807, 2.05) is 6.92 Å². The monoisotopic (exact) mass is 241 g/mol. The number of likely N-dealkylation sites (N-methyl/N-ethyl adjacent to an activating group) is 1. The van der Waals surface area contributed by atoms with Crippen LogP contribution in [0.25, 0.3) is 0 Å². The molecule has 17 heavy (non-hydrogen) atoms. The molecule has 0 saturated carbocycles. The van der Waals surface area contributed by atoms with E-state index in [1.54, 1.807) is 19.0 Å². The molecule has 1 heterocycles. The Morgan fingerprint density at radius 3 is 2.41 bits per heavy atom. The predicted molar refractivity (Wildman–Crippen MR) is 71.0 cm³/mol. The van der Waals surface area contributed by atoms with Gasteiger partial charge in [0.15, 0.2) is 0 Å². The first-order valence-corrected chi connectivity index (χ1v) is 6.67. The summed E-state index contributed by atoms with van der Waals surface area (Å²) < 4.78 is 0. The van der Waals surface area contributed by atoms with Crippen LogP contribution in [0.1, 0.15) is 26.7 Å². The molecule has 0 aromatic heterocycles. The molecule has 0 aromatic rings. The highest BCUT2D eigenvalue weighted by Crippen LogP contribution is 2.09. The highest BCUT2D eigenvalue weighted by molar-refractivity contribution is 5.80. The molecule has 0 bridgehead atoms. The Labute approximate surface area is 105 Å². The van der Waals surface area contributed by atoms with Gasteiger partial charge in [-0.1, -0.05) is 6.92 Å². The average molecular weight is 241 g/mol. The van der Waals surface area contributed by atoms with Gasteiger partial charge in [0.2, 0.25) is 5.91 Å². The lowest BCUT2D eigenvalue weighted by molar-refractivity contribution is -0.130. The first kappa shape index (κ1) is 14.5. The second-order valence-corrected chi connectivity index (χ2v) is 5.48. The van der Waals surface area contributed by atoms with E-state index in [0.717, 1.165) is 13.1 Å². The predicted octanol–water partition coefficient (Wildman–Crippen LogP) is 0.785. The highest BCUT2D eigenvalue weighted by Gasteiger charge is 2.17. The van der Waals surface area contributed by atoms with Crippen molar-refractivity contribution in [1.29, 1.82) is 0 Å². The first-order valence-electron chi connectivity index (χ1n) is 6.67. The molecule has 0 radical (unpaired) electrons. The van der Waals surface area contributed by atoms with Gasteiger partial charge in [0.25, 0.3) is 0 Å². The van der Waals surface area contributed by atoms with E-state index in [4.69, 9.17) is 0 Å². The maximum Gasteiger partial charge on any atom is 0.238 e. The Morgan fingerprint density at radius 1 is 1.29 bits per heavy atom. The van der Waals surface area contributed by atoms with Crippen LogP contribution in [0.15, 0.2) is 0 Å². The van der Waals surface area contributed by atoms with Gasteiger partial charge < -0.3 is 15.1 Å². The van der Waals surface area contributed by atoms with Gasteiger partial charge in [-0.25, -0.2) is 0 Å². The normalized spacial score (nSPS) is 20.2. The minimum Gasteiger partial charge on any atom is -0.347 e. The van der Waals surface area contributed by atoms with Crippen LogP contribution in [0, 0.1) is 5.92 Å². The SMILES string of the molecule is CC(CNC(C)C(=O)N(C)C)CN1CCCC1. The lowest BCUT2D eigenvalue weighted by Crippen LogP contribution is -2.44. The smallest absolute Gasteiger partial charge is 0.238 e. The van der Waals surface area contributed by atoms with Crippen molar-refractivity contribution in [2.24, 2.45) is 5.92 Å². The third kappa shape index (κ3) is 5.04. The summed E-state index contributed by atoms with van der Waals surface area (Å²) in [6.45, 7) is 8.74. The lowest BCUT2D eigenvalue weighted by atomic mass is 10.1. The quantitative estimate of drug-likeness (QED) is 0.746. The van der Waals surface area contributed by atoms with E-state index in [-0.39, 0.29) is 11.9 Å². The number of hydrogen-bond donors (Lipinski definition) is 1. The van der Waals surface area contributed by atoms with E-state index in [9.17, 15) is 4.79 Å². The summed E-state index contributed by atoms with van der Waals surface area (Å²) in [5, 5.41) is 3.32. The Kier molecular flexibility index (Phi) is 5.92. The minimum atomic E-state index is -0.0778. The zero-order chi connectivity index (χ0) is 12.8. The van der Waals surface area contributed by atoms with Crippen molar-refractivity contribution >= 4 is 5.91 Å². The number of rotatable bonds is 6. The number of nitrogens with zero attached hydrogens (tertiary/aromatic N) is 2. The summed E-state index contributed by atoms with van der Waals surface area (Å²) in [7, 11) is 3.60. The zero-order valence-electron chi connectivity index (χ0n) is 11.7. The van der Waals surface area contributed by atoms with Gasteiger partial charge in [0.1, 0.15) is 0 Å². The van der Waals surface area contributed by atoms with E-state index < -0.39 is 0 Å². The highest BCUT2D eigenvalue weighted by atomic mass is 16.2. The van der Waals surface area contributed by atoms with Gasteiger partial charge in [-0.05, 0) is 45.3 Å². The van der Waals surface area contributed by atoms with Crippen molar-refractivity contribution in [3.63, 3.8) is 0 Å².